The van der Waals surface area contributed by atoms with Crippen molar-refractivity contribution in [1.29, 1.82) is 0 Å². The Bertz CT molecular complexity index is 1670. The summed E-state index contributed by atoms with van der Waals surface area (Å²) in [5.74, 6) is 5.77. The summed E-state index contributed by atoms with van der Waals surface area (Å²) in [6.45, 7) is 2.82. The van der Waals surface area contributed by atoms with Crippen LogP contribution in [0.1, 0.15) is 44.6 Å². The van der Waals surface area contributed by atoms with Crippen LogP contribution in [0.4, 0.5) is 30.5 Å². The monoisotopic (exact) mass is 617 g/mol. The van der Waals surface area contributed by atoms with Crippen molar-refractivity contribution in [1.82, 2.24) is 24.1 Å². The highest BCUT2D eigenvalue weighted by Crippen LogP contribution is 2.35. The summed E-state index contributed by atoms with van der Waals surface area (Å²) < 4.78 is 71.0. The van der Waals surface area contributed by atoms with Gasteiger partial charge in [0.05, 0.1) is 46.0 Å². The molecular weight excluding hydrogens is 587 g/mol. The van der Waals surface area contributed by atoms with Crippen LogP contribution < -0.4 is 10.2 Å². The molecule has 43 heavy (non-hydrogen) atoms. The second kappa shape index (κ2) is 11.1. The topological polar surface area (TPSA) is 135 Å². The highest BCUT2D eigenvalue weighted by Gasteiger charge is 2.48. The van der Waals surface area contributed by atoms with Gasteiger partial charge in [0.15, 0.2) is 11.9 Å². The molecule has 2 aliphatic heterocycles. The first kappa shape index (κ1) is 29.3. The molecule has 0 bridgehead atoms. The minimum atomic E-state index is -4.50. The summed E-state index contributed by atoms with van der Waals surface area (Å²) >= 11 is 0. The van der Waals surface area contributed by atoms with Gasteiger partial charge in [-0.3, -0.25) is 0 Å². The fourth-order valence-corrected chi connectivity index (χ4v) is 6.58. The fourth-order valence-electron chi connectivity index (χ4n) is 5.11. The number of ether oxygens (including phenoxy) is 1. The van der Waals surface area contributed by atoms with Gasteiger partial charge in [-0.2, -0.15) is 22.4 Å². The molecule has 5 heterocycles. The van der Waals surface area contributed by atoms with E-state index in [0.717, 1.165) is 4.09 Å². The van der Waals surface area contributed by atoms with Crippen LogP contribution in [0.3, 0.4) is 0 Å². The van der Waals surface area contributed by atoms with Crippen LogP contribution in [0.5, 0.6) is 0 Å². The van der Waals surface area contributed by atoms with Crippen LogP contribution >= 0.6 is 0 Å². The number of piperidine rings is 1. The second-order valence-corrected chi connectivity index (χ2v) is 13.4. The summed E-state index contributed by atoms with van der Waals surface area (Å²) in [7, 11) is -3.53. The van der Waals surface area contributed by atoms with E-state index >= 15 is 0 Å². The second-order valence-electron chi connectivity index (χ2n) is 11.3. The molecule has 11 nitrogen and oxygen atoms in total. The first-order valence-corrected chi connectivity index (χ1v) is 15.5. The van der Waals surface area contributed by atoms with Gasteiger partial charge in [-0.1, -0.05) is 11.8 Å². The van der Waals surface area contributed by atoms with Gasteiger partial charge in [-0.15, -0.1) is 0 Å². The molecule has 3 aromatic heterocycles. The van der Waals surface area contributed by atoms with Crippen molar-refractivity contribution in [2.75, 3.05) is 29.9 Å². The van der Waals surface area contributed by atoms with Crippen molar-refractivity contribution in [2.45, 2.75) is 62.2 Å². The summed E-state index contributed by atoms with van der Waals surface area (Å²) in [4.78, 5) is 15.2. The van der Waals surface area contributed by atoms with Gasteiger partial charge in [-0.25, -0.2) is 23.4 Å². The molecule has 2 atom stereocenters. The number of halogens is 3. The number of aromatic nitrogens is 5. The van der Waals surface area contributed by atoms with Crippen LogP contribution in [0.15, 0.2) is 36.9 Å². The lowest BCUT2D eigenvalue weighted by atomic mass is 9.93. The maximum atomic E-state index is 13.4. The fraction of sp³-hybridized carbons (Fsp3) is 0.500. The zero-order valence-corrected chi connectivity index (χ0v) is 24.1. The lowest BCUT2D eigenvalue weighted by Gasteiger charge is -2.37. The van der Waals surface area contributed by atoms with Gasteiger partial charge < -0.3 is 20.1 Å². The number of hydrogen-bond donors (Lipinski definition) is 2. The quantitative estimate of drug-likeness (QED) is 0.396. The summed E-state index contributed by atoms with van der Waals surface area (Å²) in [6, 6.07) is 3.37. The zero-order valence-electron chi connectivity index (χ0n) is 23.3. The molecular formula is C28H30F3N7O4S. The molecule has 1 unspecified atom stereocenters. The minimum Gasteiger partial charge on any atom is -0.390 e. The molecule has 0 amide bonds. The predicted molar refractivity (Wildman–Crippen MR) is 151 cm³/mol. The molecule has 0 spiro atoms. The number of rotatable bonds is 6. The largest absolute Gasteiger partial charge is 0.415 e. The Hall–Kier alpha value is -3.74. The third kappa shape index (κ3) is 6.46. The minimum absolute atomic E-state index is 0.00324. The SMILES string of the molecule is CC1(O)CCN(c2cc(Nc3ccnc(-c4cnn(S(=O)(=O)C5CC5)c4)n3)ncc2C#CC2CCO[C@H]2C(F)(F)F)CC1. The number of anilines is 3. The van der Waals surface area contributed by atoms with Crippen molar-refractivity contribution in [3.05, 3.63) is 42.5 Å². The Kier molecular flexibility index (Phi) is 7.55. The molecule has 1 saturated carbocycles. The number of pyridine rings is 1. The molecule has 3 fully saturated rings. The maximum absolute atomic E-state index is 13.4. The Morgan fingerprint density at radius 2 is 1.91 bits per heavy atom. The molecule has 3 aliphatic rings. The standard InChI is InChI=1S/C28H30F3N7O4S/c1-27(39)8-11-37(12-9-27)22-14-24(33-15-19(22)3-2-18-7-13-42-25(18)28(29,30)31)35-23-6-10-32-26(36-23)20-16-34-38(17-20)43(40,41)21-4-5-21/h6,10,14-18,21,25,39H,4-5,7-9,11-13H2,1H3,(H,32,33,35,36)/t18?,25-/m1/s1. The normalized spacial score (nSPS) is 22.2. The number of nitrogens with zero attached hydrogens (tertiary/aromatic N) is 6. The van der Waals surface area contributed by atoms with E-state index in [-0.39, 0.29) is 18.9 Å². The van der Waals surface area contributed by atoms with Crippen LogP contribution in [-0.4, -0.2) is 80.5 Å². The van der Waals surface area contributed by atoms with E-state index in [4.69, 9.17) is 4.74 Å². The number of nitrogens with one attached hydrogen (secondary N) is 1. The molecule has 3 aromatic rings. The Balaban J connectivity index is 1.26. The van der Waals surface area contributed by atoms with Crippen molar-refractivity contribution in [2.24, 2.45) is 5.92 Å². The van der Waals surface area contributed by atoms with E-state index in [1.165, 1.54) is 24.8 Å². The van der Waals surface area contributed by atoms with E-state index in [1.807, 2.05) is 4.90 Å². The lowest BCUT2D eigenvalue weighted by molar-refractivity contribution is -0.212. The number of hydrogen-bond acceptors (Lipinski definition) is 10. The van der Waals surface area contributed by atoms with E-state index in [2.05, 4.69) is 37.2 Å². The van der Waals surface area contributed by atoms with E-state index < -0.39 is 39.1 Å². The van der Waals surface area contributed by atoms with Crippen molar-refractivity contribution in [3.8, 4) is 23.2 Å². The smallest absolute Gasteiger partial charge is 0.390 e. The van der Waals surface area contributed by atoms with Gasteiger partial charge in [-0.05, 0) is 45.1 Å². The van der Waals surface area contributed by atoms with E-state index in [9.17, 15) is 26.7 Å². The predicted octanol–water partition coefficient (Wildman–Crippen LogP) is 3.49. The van der Waals surface area contributed by atoms with Crippen LogP contribution in [0, 0.1) is 17.8 Å². The number of aliphatic hydroxyl groups is 1. The zero-order chi connectivity index (χ0) is 30.4. The van der Waals surface area contributed by atoms with Crippen LogP contribution in [0.25, 0.3) is 11.4 Å². The average Bonchev–Trinajstić information content (AvgIpc) is 3.50. The molecule has 2 N–H and O–H groups in total. The highest BCUT2D eigenvalue weighted by atomic mass is 32.2. The van der Waals surface area contributed by atoms with E-state index in [0.29, 0.717) is 67.2 Å². The molecule has 1 aliphatic carbocycles. The molecule has 0 aromatic carbocycles. The Morgan fingerprint density at radius 1 is 1.14 bits per heavy atom. The van der Waals surface area contributed by atoms with Gasteiger partial charge >= 0.3 is 6.18 Å². The van der Waals surface area contributed by atoms with Crippen LogP contribution in [0.2, 0.25) is 0 Å². The highest BCUT2D eigenvalue weighted by molar-refractivity contribution is 7.90. The molecule has 2 saturated heterocycles. The molecule has 15 heteroatoms. The van der Waals surface area contributed by atoms with Crippen molar-refractivity contribution >= 4 is 27.3 Å². The first-order valence-electron chi connectivity index (χ1n) is 14.0. The van der Waals surface area contributed by atoms with Gasteiger partial charge in [0.1, 0.15) is 11.6 Å². The lowest BCUT2D eigenvalue weighted by Crippen LogP contribution is -2.42. The van der Waals surface area contributed by atoms with Gasteiger partial charge in [0, 0.05) is 38.2 Å². The Labute approximate surface area is 246 Å². The molecule has 228 valence electrons. The third-order valence-corrected chi connectivity index (χ3v) is 9.84. The molecule has 0 radical (unpaired) electrons. The third-order valence-electron chi connectivity index (χ3n) is 7.81. The number of alkyl halides is 3. The van der Waals surface area contributed by atoms with Gasteiger partial charge in [0.2, 0.25) is 0 Å². The molecule has 6 rings (SSSR count). The summed E-state index contributed by atoms with van der Waals surface area (Å²) in [5, 5.41) is 17.2. The first-order chi connectivity index (χ1) is 20.4. The van der Waals surface area contributed by atoms with Gasteiger partial charge in [0.25, 0.3) is 10.0 Å². The summed E-state index contributed by atoms with van der Waals surface area (Å²) in [6.07, 6.45) is 1.84. The van der Waals surface area contributed by atoms with Crippen molar-refractivity contribution in [3.63, 3.8) is 0 Å². The maximum Gasteiger partial charge on any atom is 0.415 e. The average molecular weight is 618 g/mol. The van der Waals surface area contributed by atoms with Crippen LogP contribution in [-0.2, 0) is 14.8 Å². The summed E-state index contributed by atoms with van der Waals surface area (Å²) in [5.41, 5.74) is 0.762. The van der Waals surface area contributed by atoms with E-state index in [1.54, 1.807) is 19.1 Å². The Morgan fingerprint density at radius 3 is 2.63 bits per heavy atom. The van der Waals surface area contributed by atoms with Crippen molar-refractivity contribution < 1.29 is 31.4 Å².